The van der Waals surface area contributed by atoms with Gasteiger partial charge in [-0.25, -0.2) is 4.79 Å². The highest BCUT2D eigenvalue weighted by atomic mass is 35.5. The fourth-order valence-electron chi connectivity index (χ4n) is 2.92. The SMILES string of the molecule is CCCN(C(=O)CN1C(=O)CN(C)C1=O)C1CCNCC1.Cl. The van der Waals surface area contributed by atoms with Crippen molar-refractivity contribution in [3.8, 4) is 0 Å². The minimum absolute atomic E-state index is 0. The summed E-state index contributed by atoms with van der Waals surface area (Å²) in [6, 6.07) is -0.167. The minimum atomic E-state index is -0.380. The van der Waals surface area contributed by atoms with Crippen LogP contribution >= 0.6 is 12.4 Å². The van der Waals surface area contributed by atoms with E-state index in [1.807, 2.05) is 11.8 Å². The molecule has 4 amide bonds. The van der Waals surface area contributed by atoms with E-state index in [4.69, 9.17) is 0 Å². The van der Waals surface area contributed by atoms with Gasteiger partial charge in [0.15, 0.2) is 0 Å². The van der Waals surface area contributed by atoms with E-state index in [0.717, 1.165) is 37.3 Å². The molecule has 1 N–H and O–H groups in total. The molecule has 2 aliphatic heterocycles. The number of nitrogens with one attached hydrogen (secondary N) is 1. The molecule has 0 unspecified atom stereocenters. The number of amides is 4. The Morgan fingerprint density at radius 1 is 1.32 bits per heavy atom. The van der Waals surface area contributed by atoms with Crippen molar-refractivity contribution in [1.29, 1.82) is 0 Å². The fraction of sp³-hybridized carbons (Fsp3) is 0.786. The monoisotopic (exact) mass is 332 g/mol. The first-order chi connectivity index (χ1) is 10.0. The number of rotatable bonds is 5. The van der Waals surface area contributed by atoms with E-state index in [2.05, 4.69) is 5.32 Å². The molecule has 0 atom stereocenters. The van der Waals surface area contributed by atoms with Gasteiger partial charge < -0.3 is 15.1 Å². The highest BCUT2D eigenvalue weighted by Gasteiger charge is 2.36. The summed E-state index contributed by atoms with van der Waals surface area (Å²) in [6.07, 6.45) is 2.72. The summed E-state index contributed by atoms with van der Waals surface area (Å²) < 4.78 is 0. The second-order valence-corrected chi connectivity index (χ2v) is 5.69. The molecule has 2 heterocycles. The third-order valence-electron chi connectivity index (χ3n) is 4.06. The Morgan fingerprint density at radius 2 is 1.95 bits per heavy atom. The van der Waals surface area contributed by atoms with Gasteiger partial charge in [-0.2, -0.15) is 0 Å². The first-order valence-corrected chi connectivity index (χ1v) is 7.60. The molecule has 22 heavy (non-hydrogen) atoms. The topological polar surface area (TPSA) is 73.0 Å². The number of likely N-dealkylation sites (N-methyl/N-ethyl adjacent to an activating group) is 1. The maximum absolute atomic E-state index is 12.5. The molecule has 7 nitrogen and oxygen atoms in total. The Kier molecular flexibility index (Phi) is 7.09. The Morgan fingerprint density at radius 3 is 2.45 bits per heavy atom. The van der Waals surface area contributed by atoms with Crippen LogP contribution in [0, 0.1) is 0 Å². The van der Waals surface area contributed by atoms with Crippen molar-refractivity contribution < 1.29 is 14.4 Å². The Bertz CT molecular complexity index is 426. The van der Waals surface area contributed by atoms with E-state index in [1.165, 1.54) is 4.90 Å². The standard InChI is InChI=1S/C14H24N4O3.ClH/c1-3-8-17(11-4-6-15-7-5-11)13(20)10-18-12(19)9-16(2)14(18)21;/h11,15H,3-10H2,1-2H3;1H. The Balaban J connectivity index is 0.00000242. The second kappa shape index (κ2) is 8.33. The van der Waals surface area contributed by atoms with Crippen LogP contribution in [-0.4, -0.2) is 78.4 Å². The first-order valence-electron chi connectivity index (χ1n) is 7.60. The van der Waals surface area contributed by atoms with Gasteiger partial charge in [0.2, 0.25) is 5.91 Å². The molecule has 2 rings (SSSR count). The molecule has 8 heteroatoms. The van der Waals surface area contributed by atoms with Crippen LogP contribution in [0.4, 0.5) is 4.79 Å². The predicted octanol–water partition coefficient (Wildman–Crippen LogP) is 0.293. The van der Waals surface area contributed by atoms with Crippen LogP contribution in [0.15, 0.2) is 0 Å². The van der Waals surface area contributed by atoms with Crippen LogP contribution in [0.2, 0.25) is 0 Å². The summed E-state index contributed by atoms with van der Waals surface area (Å²) in [5, 5.41) is 3.28. The average molecular weight is 333 g/mol. The van der Waals surface area contributed by atoms with Gasteiger partial charge in [-0.3, -0.25) is 14.5 Å². The number of hydrogen-bond donors (Lipinski definition) is 1. The number of carbonyl (C=O) groups is 3. The van der Waals surface area contributed by atoms with Crippen LogP contribution in [-0.2, 0) is 9.59 Å². The summed E-state index contributed by atoms with van der Waals surface area (Å²) in [7, 11) is 1.57. The lowest BCUT2D eigenvalue weighted by molar-refractivity contribution is -0.138. The third-order valence-corrected chi connectivity index (χ3v) is 4.06. The van der Waals surface area contributed by atoms with Crippen molar-refractivity contribution in [2.24, 2.45) is 0 Å². The lowest BCUT2D eigenvalue weighted by Crippen LogP contribution is -2.50. The molecule has 0 aromatic heterocycles. The number of halogens is 1. The zero-order chi connectivity index (χ0) is 15.4. The van der Waals surface area contributed by atoms with Gasteiger partial charge >= 0.3 is 6.03 Å². The number of urea groups is 1. The van der Waals surface area contributed by atoms with Crippen LogP contribution in [0.1, 0.15) is 26.2 Å². The normalized spacial score (nSPS) is 19.4. The molecular formula is C14H25ClN4O3. The molecule has 2 fully saturated rings. The molecular weight excluding hydrogens is 308 g/mol. The second-order valence-electron chi connectivity index (χ2n) is 5.69. The van der Waals surface area contributed by atoms with Gasteiger partial charge in [-0.1, -0.05) is 6.92 Å². The smallest absolute Gasteiger partial charge is 0.327 e. The van der Waals surface area contributed by atoms with Crippen molar-refractivity contribution in [3.05, 3.63) is 0 Å². The van der Waals surface area contributed by atoms with Crippen molar-refractivity contribution in [2.75, 3.05) is 39.8 Å². The number of carbonyl (C=O) groups excluding carboxylic acids is 3. The minimum Gasteiger partial charge on any atom is -0.338 e. The zero-order valence-corrected chi connectivity index (χ0v) is 14.0. The van der Waals surface area contributed by atoms with Crippen LogP contribution in [0.3, 0.4) is 0 Å². The van der Waals surface area contributed by atoms with Gasteiger partial charge in [0.25, 0.3) is 5.91 Å². The first kappa shape index (κ1) is 18.7. The maximum atomic E-state index is 12.5. The van der Waals surface area contributed by atoms with E-state index in [0.29, 0.717) is 6.54 Å². The number of piperidine rings is 1. The summed E-state index contributed by atoms with van der Waals surface area (Å²) >= 11 is 0. The van der Waals surface area contributed by atoms with Gasteiger partial charge in [-0.05, 0) is 32.4 Å². The van der Waals surface area contributed by atoms with E-state index in [1.54, 1.807) is 7.05 Å². The lowest BCUT2D eigenvalue weighted by Gasteiger charge is -2.35. The quantitative estimate of drug-likeness (QED) is 0.735. The van der Waals surface area contributed by atoms with Gasteiger partial charge in [0.05, 0.1) is 0 Å². The predicted molar refractivity (Wildman–Crippen MR) is 84.9 cm³/mol. The van der Waals surface area contributed by atoms with Crippen LogP contribution in [0.5, 0.6) is 0 Å². The maximum Gasteiger partial charge on any atom is 0.327 e. The van der Waals surface area contributed by atoms with Crippen molar-refractivity contribution in [3.63, 3.8) is 0 Å². The van der Waals surface area contributed by atoms with Crippen molar-refractivity contribution in [2.45, 2.75) is 32.2 Å². The van der Waals surface area contributed by atoms with Crippen LogP contribution in [0.25, 0.3) is 0 Å². The van der Waals surface area contributed by atoms with E-state index < -0.39 is 0 Å². The van der Waals surface area contributed by atoms with Crippen molar-refractivity contribution >= 4 is 30.3 Å². The summed E-state index contributed by atoms with van der Waals surface area (Å²) in [4.78, 5) is 40.4. The highest BCUT2D eigenvalue weighted by Crippen LogP contribution is 2.15. The third kappa shape index (κ3) is 4.10. The average Bonchev–Trinajstić information content (AvgIpc) is 2.72. The molecule has 0 radical (unpaired) electrons. The van der Waals surface area contributed by atoms with Crippen LogP contribution < -0.4 is 5.32 Å². The number of imide groups is 1. The molecule has 0 aliphatic carbocycles. The molecule has 0 aromatic rings. The Hall–Kier alpha value is -1.34. The van der Waals surface area contributed by atoms with Gasteiger partial charge in [0, 0.05) is 19.6 Å². The summed E-state index contributed by atoms with van der Waals surface area (Å²) in [5.74, 6) is -0.418. The number of hydrogen-bond acceptors (Lipinski definition) is 4. The summed E-state index contributed by atoms with van der Waals surface area (Å²) in [5.41, 5.74) is 0. The van der Waals surface area contributed by atoms with Crippen molar-refractivity contribution in [1.82, 2.24) is 20.0 Å². The van der Waals surface area contributed by atoms with Gasteiger partial charge in [-0.15, -0.1) is 12.4 Å². The van der Waals surface area contributed by atoms with Gasteiger partial charge in [0.1, 0.15) is 13.1 Å². The van der Waals surface area contributed by atoms with E-state index >= 15 is 0 Å². The number of nitrogens with zero attached hydrogens (tertiary/aromatic N) is 3. The molecule has 126 valence electrons. The highest BCUT2D eigenvalue weighted by molar-refractivity contribution is 6.04. The molecule has 0 spiro atoms. The summed E-state index contributed by atoms with van der Waals surface area (Å²) in [6.45, 7) is 4.45. The van der Waals surface area contributed by atoms with E-state index in [9.17, 15) is 14.4 Å². The fourth-order valence-corrected chi connectivity index (χ4v) is 2.92. The molecule has 0 saturated carbocycles. The molecule has 0 aromatic carbocycles. The lowest BCUT2D eigenvalue weighted by atomic mass is 10.0. The molecule has 2 saturated heterocycles. The van der Waals surface area contributed by atoms with E-state index in [-0.39, 0.29) is 49.4 Å². The molecule has 2 aliphatic rings. The zero-order valence-electron chi connectivity index (χ0n) is 13.2. The Labute approximate surface area is 137 Å². The molecule has 0 bridgehead atoms. The largest absolute Gasteiger partial charge is 0.338 e.